The number of aromatic nitrogens is 2. The number of rotatable bonds is 5. The van der Waals surface area contributed by atoms with Crippen molar-refractivity contribution < 1.29 is 34.3 Å². The number of carbonyl (C=O) groups excluding carboxylic acids is 1. The van der Waals surface area contributed by atoms with Gasteiger partial charge in [-0.3, -0.25) is 4.79 Å². The van der Waals surface area contributed by atoms with Gasteiger partial charge in [0.2, 0.25) is 0 Å². The number of pyridine rings is 2. The Balaban J connectivity index is 1.46. The van der Waals surface area contributed by atoms with E-state index in [-0.39, 0.29) is 49.5 Å². The highest BCUT2D eigenvalue weighted by atomic mass is 16.7. The van der Waals surface area contributed by atoms with Crippen molar-refractivity contribution in [3.63, 3.8) is 0 Å². The molecule has 10 nitrogen and oxygen atoms in total. The van der Waals surface area contributed by atoms with Gasteiger partial charge in [-0.2, -0.15) is 0 Å². The Morgan fingerprint density at radius 3 is 2.81 bits per heavy atom. The maximum absolute atomic E-state index is 13.5. The topological polar surface area (TPSA) is 140 Å². The minimum Gasteiger partial charge on any atom is -0.458 e. The molecule has 1 aromatic carbocycles. The second-order valence-corrected chi connectivity index (χ2v) is 9.45. The van der Waals surface area contributed by atoms with E-state index in [4.69, 9.17) is 19.2 Å². The highest BCUT2D eigenvalue weighted by Gasteiger charge is 2.45. The van der Waals surface area contributed by atoms with E-state index >= 15 is 0 Å². The van der Waals surface area contributed by atoms with Gasteiger partial charge in [-0.25, -0.2) is 9.78 Å². The predicted octanol–water partition coefficient (Wildman–Crippen LogP) is 1.23. The van der Waals surface area contributed by atoms with E-state index in [0.29, 0.717) is 16.9 Å². The van der Waals surface area contributed by atoms with Crippen LogP contribution in [-0.4, -0.2) is 55.9 Å². The van der Waals surface area contributed by atoms with Crippen LogP contribution in [0.25, 0.3) is 22.3 Å². The van der Waals surface area contributed by atoms with Gasteiger partial charge in [-0.1, -0.05) is 31.2 Å². The summed E-state index contributed by atoms with van der Waals surface area (Å²) in [4.78, 5) is 30.8. The molecule has 4 atom stereocenters. The number of hydrogen-bond donors (Lipinski definition) is 3. The van der Waals surface area contributed by atoms with E-state index in [1.807, 2.05) is 24.3 Å². The summed E-state index contributed by atoms with van der Waals surface area (Å²) in [6, 6.07) is 9.24. The number of benzene rings is 1. The fourth-order valence-corrected chi connectivity index (χ4v) is 5.32. The Morgan fingerprint density at radius 1 is 1.22 bits per heavy atom. The molecule has 3 aromatic rings. The summed E-state index contributed by atoms with van der Waals surface area (Å²) in [5.74, 6) is -0.766. The van der Waals surface area contributed by atoms with E-state index in [1.54, 1.807) is 23.6 Å². The summed E-state index contributed by atoms with van der Waals surface area (Å²) in [7, 11) is 0. The van der Waals surface area contributed by atoms with Gasteiger partial charge in [0.25, 0.3) is 5.56 Å². The quantitative estimate of drug-likeness (QED) is 0.269. The molecule has 0 fully saturated rings. The third-order valence-corrected chi connectivity index (χ3v) is 7.44. The molecule has 0 saturated heterocycles. The van der Waals surface area contributed by atoms with E-state index in [1.165, 1.54) is 6.08 Å². The average Bonchev–Trinajstić information content (AvgIpc) is 3.28. The maximum Gasteiger partial charge on any atom is 0.343 e. The summed E-state index contributed by atoms with van der Waals surface area (Å²) < 4.78 is 18.4. The summed E-state index contributed by atoms with van der Waals surface area (Å²) in [6.45, 7) is 1.49. The van der Waals surface area contributed by atoms with Gasteiger partial charge in [0.15, 0.2) is 11.9 Å². The van der Waals surface area contributed by atoms with Crippen LogP contribution in [0, 0.1) is 0 Å². The number of aliphatic hydroxyl groups is 3. The molecule has 2 aromatic heterocycles. The highest BCUT2D eigenvalue weighted by molar-refractivity contribution is 5.89. The first-order valence-corrected chi connectivity index (χ1v) is 12.2. The van der Waals surface area contributed by atoms with Crippen molar-refractivity contribution >= 4 is 16.9 Å². The molecule has 192 valence electrons. The van der Waals surface area contributed by atoms with Gasteiger partial charge >= 0.3 is 5.97 Å². The summed E-state index contributed by atoms with van der Waals surface area (Å²) in [5.41, 5.74) is 1.71. The fraction of sp³-hybridized carbons (Fsp3) is 0.370. The number of aliphatic hydroxyl groups excluding tert-OH is 2. The Morgan fingerprint density at radius 2 is 2.03 bits per heavy atom. The van der Waals surface area contributed by atoms with Crippen molar-refractivity contribution in [1.82, 2.24) is 9.55 Å². The van der Waals surface area contributed by atoms with E-state index in [9.17, 15) is 24.9 Å². The zero-order valence-electron chi connectivity index (χ0n) is 20.1. The zero-order chi connectivity index (χ0) is 25.9. The van der Waals surface area contributed by atoms with Crippen LogP contribution in [0.2, 0.25) is 0 Å². The normalized spacial score (nSPS) is 26.1. The van der Waals surface area contributed by atoms with Crippen molar-refractivity contribution in [2.45, 2.75) is 57.2 Å². The molecular weight excluding hydrogens is 480 g/mol. The number of cyclic esters (lactones) is 1. The summed E-state index contributed by atoms with van der Waals surface area (Å²) in [6.07, 6.45) is 0.715. The molecule has 10 heteroatoms. The van der Waals surface area contributed by atoms with Crippen LogP contribution in [-0.2, 0) is 44.4 Å². The van der Waals surface area contributed by atoms with Crippen LogP contribution in [0.15, 0.2) is 47.3 Å². The first-order valence-electron chi connectivity index (χ1n) is 12.2. The minimum atomic E-state index is -1.90. The van der Waals surface area contributed by atoms with E-state index in [0.717, 1.165) is 16.5 Å². The molecule has 0 amide bonds. The third-order valence-electron chi connectivity index (χ3n) is 7.44. The molecule has 5 heterocycles. The molecule has 0 saturated carbocycles. The lowest BCUT2D eigenvalue weighted by Crippen LogP contribution is -2.44. The van der Waals surface area contributed by atoms with Crippen molar-refractivity contribution in [3.8, 4) is 11.4 Å². The number of carbonyl (C=O) groups is 1. The molecule has 0 unspecified atom stereocenters. The largest absolute Gasteiger partial charge is 0.458 e. The highest BCUT2D eigenvalue weighted by Crippen LogP contribution is 2.40. The van der Waals surface area contributed by atoms with Crippen molar-refractivity contribution in [1.29, 1.82) is 0 Å². The van der Waals surface area contributed by atoms with Gasteiger partial charge in [-0.15, -0.1) is 0 Å². The molecule has 0 bridgehead atoms. The van der Waals surface area contributed by atoms with E-state index < -0.39 is 30.1 Å². The summed E-state index contributed by atoms with van der Waals surface area (Å²) in [5, 5.41) is 31.3. The van der Waals surface area contributed by atoms with Crippen LogP contribution in [0.5, 0.6) is 0 Å². The van der Waals surface area contributed by atoms with Crippen LogP contribution in [0.4, 0.5) is 0 Å². The molecule has 37 heavy (non-hydrogen) atoms. The fourth-order valence-electron chi connectivity index (χ4n) is 5.32. The number of esters is 1. The van der Waals surface area contributed by atoms with E-state index in [2.05, 4.69) is 0 Å². The molecule has 3 aliphatic heterocycles. The maximum atomic E-state index is 13.5. The molecule has 0 aliphatic carbocycles. The Hall–Kier alpha value is -3.41. The number of nitrogens with zero attached hydrogens (tertiary/aromatic N) is 2. The van der Waals surface area contributed by atoms with Crippen LogP contribution >= 0.6 is 0 Å². The minimum absolute atomic E-state index is 0.0667. The number of ether oxygens (including phenoxy) is 3. The lowest BCUT2D eigenvalue weighted by atomic mass is 9.86. The standard InChI is InChI=1S/C27H26N2O8/c1-2-27(34)18-9-20-24-15(10-29(20)25(32)17(18)13-36-26(27)33)16(14-5-3-4-6-19(14)28-24)12-35-23-8-7-21(31)22(11-30)37-23/h3-9,21-23,30-31,34H,2,10-13H2,1H3/t21-,22+,23+,27-/m0/s1. The van der Waals surface area contributed by atoms with Crippen LogP contribution in [0.1, 0.15) is 35.6 Å². The SMILES string of the molecule is CC[C@@]1(O)C(=O)OCc2c1cc1n(c2=O)Cc2c-1nc1ccccc1c2CO[C@H]1C=C[C@H](O)[C@@H](CO)O1. The molecule has 3 aliphatic rings. The lowest BCUT2D eigenvalue weighted by Gasteiger charge is -2.31. The first kappa shape index (κ1) is 24.0. The second-order valence-electron chi connectivity index (χ2n) is 9.45. The lowest BCUT2D eigenvalue weighted by molar-refractivity contribution is -0.184. The van der Waals surface area contributed by atoms with Crippen LogP contribution in [0.3, 0.4) is 0 Å². The van der Waals surface area contributed by atoms with Gasteiger partial charge < -0.3 is 34.1 Å². The molecule has 0 radical (unpaired) electrons. The predicted molar refractivity (Wildman–Crippen MR) is 130 cm³/mol. The van der Waals surface area contributed by atoms with Crippen LogP contribution < -0.4 is 5.56 Å². The van der Waals surface area contributed by atoms with Gasteiger partial charge in [0.1, 0.15) is 18.8 Å². The monoisotopic (exact) mass is 506 g/mol. The van der Waals surface area contributed by atoms with Crippen molar-refractivity contribution in [2.24, 2.45) is 0 Å². The second kappa shape index (κ2) is 8.86. The Labute approximate surface area is 211 Å². The molecular formula is C27H26N2O8. The Bertz CT molecular complexity index is 1510. The zero-order valence-corrected chi connectivity index (χ0v) is 20.1. The number of fused-ring (bicyclic) bond motifs is 5. The molecule has 6 rings (SSSR count). The first-order chi connectivity index (χ1) is 17.9. The third kappa shape index (κ3) is 3.64. The summed E-state index contributed by atoms with van der Waals surface area (Å²) >= 11 is 0. The Kier molecular flexibility index (Phi) is 5.74. The smallest absolute Gasteiger partial charge is 0.343 e. The molecule has 3 N–H and O–H groups in total. The molecule has 0 spiro atoms. The van der Waals surface area contributed by atoms with Gasteiger partial charge in [0.05, 0.1) is 42.2 Å². The number of hydrogen-bond acceptors (Lipinski definition) is 9. The number of para-hydroxylation sites is 1. The van der Waals surface area contributed by atoms with Crippen molar-refractivity contribution in [3.05, 3.63) is 75.1 Å². The van der Waals surface area contributed by atoms with Gasteiger partial charge in [0, 0.05) is 16.5 Å². The average molecular weight is 507 g/mol. The van der Waals surface area contributed by atoms with Crippen molar-refractivity contribution in [2.75, 3.05) is 6.61 Å². The van der Waals surface area contributed by atoms with Gasteiger partial charge in [-0.05, 0) is 30.2 Å².